The second kappa shape index (κ2) is 10.1. The molecular weight excluding hydrogens is 556 g/mol. The van der Waals surface area contributed by atoms with E-state index in [-0.39, 0.29) is 26.8 Å². The SMILES string of the molecule is CC(C)S(=O)(=O)c1ccc(SNc2cc(F)cc(F)c2C(=N)N2CCN(c3ccc(F)cn3)CC23CC3)s1. The maximum atomic E-state index is 15.2. The molecule has 38 heavy (non-hydrogen) atoms. The Morgan fingerprint density at radius 2 is 1.89 bits per heavy atom. The number of anilines is 2. The van der Waals surface area contributed by atoms with Gasteiger partial charge in [0.15, 0.2) is 9.84 Å². The Morgan fingerprint density at radius 3 is 2.55 bits per heavy atom. The Morgan fingerprint density at radius 1 is 1.13 bits per heavy atom. The molecule has 2 N–H and O–H groups in total. The van der Waals surface area contributed by atoms with Gasteiger partial charge in [-0.2, -0.15) is 0 Å². The second-order valence-corrected chi connectivity index (χ2v) is 14.6. The summed E-state index contributed by atoms with van der Waals surface area (Å²) >= 11 is 2.11. The van der Waals surface area contributed by atoms with Crippen molar-refractivity contribution >= 4 is 50.5 Å². The number of amidine groups is 1. The van der Waals surface area contributed by atoms with Gasteiger partial charge in [-0.1, -0.05) is 0 Å². The molecule has 202 valence electrons. The van der Waals surface area contributed by atoms with E-state index in [9.17, 15) is 17.2 Å². The summed E-state index contributed by atoms with van der Waals surface area (Å²) in [4.78, 5) is 8.06. The highest BCUT2D eigenvalue weighted by molar-refractivity contribution is 8.02. The molecule has 5 rings (SSSR count). The minimum atomic E-state index is -3.43. The van der Waals surface area contributed by atoms with Crippen molar-refractivity contribution in [2.24, 2.45) is 0 Å². The molecule has 7 nitrogen and oxygen atoms in total. The van der Waals surface area contributed by atoms with E-state index >= 15 is 4.39 Å². The van der Waals surface area contributed by atoms with E-state index < -0.39 is 32.5 Å². The van der Waals surface area contributed by atoms with Gasteiger partial charge >= 0.3 is 0 Å². The summed E-state index contributed by atoms with van der Waals surface area (Å²) in [7, 11) is -3.43. The summed E-state index contributed by atoms with van der Waals surface area (Å²) in [5, 5.41) is 8.38. The third-order valence-electron chi connectivity index (χ3n) is 6.80. The van der Waals surface area contributed by atoms with Crippen LogP contribution < -0.4 is 9.62 Å². The number of hydrogen-bond acceptors (Lipinski definition) is 8. The van der Waals surface area contributed by atoms with Crippen LogP contribution in [0.25, 0.3) is 0 Å². The fourth-order valence-corrected chi connectivity index (χ4v) is 8.26. The highest BCUT2D eigenvalue weighted by Gasteiger charge is 2.53. The van der Waals surface area contributed by atoms with Crippen molar-refractivity contribution < 1.29 is 21.6 Å². The molecule has 1 aliphatic carbocycles. The first-order valence-corrected chi connectivity index (χ1v) is 15.2. The highest BCUT2D eigenvalue weighted by Crippen LogP contribution is 2.46. The van der Waals surface area contributed by atoms with E-state index in [1.165, 1.54) is 18.3 Å². The quantitative estimate of drug-likeness (QED) is 0.215. The van der Waals surface area contributed by atoms with Crippen LogP contribution in [-0.4, -0.2) is 54.6 Å². The van der Waals surface area contributed by atoms with E-state index in [2.05, 4.69) is 9.71 Å². The van der Waals surface area contributed by atoms with E-state index in [0.29, 0.717) is 29.7 Å². The smallest absolute Gasteiger partial charge is 0.190 e. The van der Waals surface area contributed by atoms with Crippen LogP contribution in [0.4, 0.5) is 24.7 Å². The molecule has 1 aliphatic heterocycles. The number of benzene rings is 1. The van der Waals surface area contributed by atoms with Gasteiger partial charge in [-0.3, -0.25) is 5.41 Å². The molecule has 0 atom stereocenters. The summed E-state index contributed by atoms with van der Waals surface area (Å²) in [6.07, 6.45) is 2.77. The van der Waals surface area contributed by atoms with Gasteiger partial charge in [-0.15, -0.1) is 11.3 Å². The maximum Gasteiger partial charge on any atom is 0.190 e. The molecule has 3 aromatic rings. The average Bonchev–Trinajstić information content (AvgIpc) is 3.44. The molecule has 1 saturated heterocycles. The number of rotatable bonds is 7. The summed E-state index contributed by atoms with van der Waals surface area (Å²) < 4.78 is 71.4. The van der Waals surface area contributed by atoms with E-state index in [1.54, 1.807) is 26.0 Å². The van der Waals surface area contributed by atoms with Gasteiger partial charge in [0, 0.05) is 25.7 Å². The number of halogens is 3. The van der Waals surface area contributed by atoms with Crippen molar-refractivity contribution in [1.82, 2.24) is 9.88 Å². The van der Waals surface area contributed by atoms with Gasteiger partial charge in [-0.25, -0.2) is 26.6 Å². The number of pyridine rings is 1. The molecular formula is C25H26F3N5O2S3. The van der Waals surface area contributed by atoms with Crippen LogP contribution in [0, 0.1) is 22.9 Å². The zero-order chi connectivity index (χ0) is 27.2. The lowest BCUT2D eigenvalue weighted by molar-refractivity contribution is 0.258. The zero-order valence-electron chi connectivity index (χ0n) is 20.7. The molecule has 2 fully saturated rings. The molecule has 0 radical (unpaired) electrons. The molecule has 3 heterocycles. The minimum absolute atomic E-state index is 0.0508. The minimum Gasteiger partial charge on any atom is -0.352 e. The van der Waals surface area contributed by atoms with E-state index in [0.717, 1.165) is 48.3 Å². The van der Waals surface area contributed by atoms with E-state index in [1.807, 2.05) is 9.80 Å². The molecule has 0 amide bonds. The Labute approximate surface area is 227 Å². The van der Waals surface area contributed by atoms with Crippen LogP contribution >= 0.6 is 23.3 Å². The third kappa shape index (κ3) is 5.10. The molecule has 2 aromatic heterocycles. The van der Waals surface area contributed by atoms with Gasteiger partial charge in [0.2, 0.25) is 0 Å². The molecule has 0 unspecified atom stereocenters. The van der Waals surface area contributed by atoms with Crippen LogP contribution in [-0.2, 0) is 9.84 Å². The first-order valence-electron chi connectivity index (χ1n) is 12.0. The number of thiophene rings is 1. The van der Waals surface area contributed by atoms with Crippen LogP contribution in [0.1, 0.15) is 32.3 Å². The summed E-state index contributed by atoms with van der Waals surface area (Å²) in [6, 6.07) is 8.03. The predicted molar refractivity (Wildman–Crippen MR) is 144 cm³/mol. The van der Waals surface area contributed by atoms with Gasteiger partial charge in [0.25, 0.3) is 0 Å². The molecule has 1 aromatic carbocycles. The standard InChI is InChI=1S/C25H26F3N5O2S3/c1-15(2)38(34,35)22-6-5-21(36-22)37-31-19-12-17(27)11-18(28)23(19)24(29)33-10-9-32(14-25(33)7-8-25)20-4-3-16(26)13-30-20/h3-6,11-13,15,29,31H,7-10,14H2,1-2H3. The van der Waals surface area contributed by atoms with Crippen molar-refractivity contribution in [1.29, 1.82) is 5.41 Å². The fourth-order valence-electron chi connectivity index (χ4n) is 4.53. The lowest BCUT2D eigenvalue weighted by atomic mass is 10.0. The number of nitrogens with one attached hydrogen (secondary N) is 2. The van der Waals surface area contributed by atoms with Gasteiger partial charge in [0.1, 0.15) is 33.3 Å². The van der Waals surface area contributed by atoms with Gasteiger partial charge in [0.05, 0.1) is 32.4 Å². The summed E-state index contributed by atoms with van der Waals surface area (Å²) in [5.41, 5.74) is -0.340. The fraction of sp³-hybridized carbons (Fsp3) is 0.360. The third-order valence-corrected chi connectivity index (χ3v) is 11.5. The Balaban J connectivity index is 1.36. The summed E-state index contributed by atoms with van der Waals surface area (Å²) in [5.74, 6) is -1.47. The second-order valence-electron chi connectivity index (χ2n) is 9.66. The van der Waals surface area contributed by atoms with Crippen molar-refractivity contribution in [3.8, 4) is 0 Å². The molecule has 0 bridgehead atoms. The van der Waals surface area contributed by atoms with Crippen LogP contribution in [0.3, 0.4) is 0 Å². The topological polar surface area (TPSA) is 89.4 Å². The normalized spacial score (nSPS) is 16.8. The first kappa shape index (κ1) is 26.8. The Hall–Kier alpha value is -2.77. The maximum absolute atomic E-state index is 15.2. The largest absolute Gasteiger partial charge is 0.352 e. The van der Waals surface area contributed by atoms with Crippen LogP contribution in [0.15, 0.2) is 51.0 Å². The van der Waals surface area contributed by atoms with Crippen molar-refractivity contribution in [2.75, 3.05) is 29.3 Å². The van der Waals surface area contributed by atoms with Crippen molar-refractivity contribution in [3.05, 3.63) is 65.6 Å². The van der Waals surface area contributed by atoms with Gasteiger partial charge in [-0.05, 0) is 69.0 Å². The molecule has 1 saturated carbocycles. The first-order chi connectivity index (χ1) is 18.0. The number of aromatic nitrogens is 1. The number of piperazine rings is 1. The van der Waals surface area contributed by atoms with Gasteiger partial charge < -0.3 is 14.5 Å². The highest BCUT2D eigenvalue weighted by atomic mass is 32.2. The van der Waals surface area contributed by atoms with Crippen LogP contribution in [0.5, 0.6) is 0 Å². The van der Waals surface area contributed by atoms with Crippen molar-refractivity contribution in [3.63, 3.8) is 0 Å². The Kier molecular flexibility index (Phi) is 7.12. The van der Waals surface area contributed by atoms with Crippen LogP contribution in [0.2, 0.25) is 0 Å². The number of hydrogen-bond donors (Lipinski definition) is 2. The summed E-state index contributed by atoms with van der Waals surface area (Å²) in [6.45, 7) is 4.69. The molecule has 2 aliphatic rings. The average molecular weight is 582 g/mol. The lowest BCUT2D eigenvalue weighted by Gasteiger charge is -2.44. The zero-order valence-corrected chi connectivity index (χ0v) is 23.1. The van der Waals surface area contributed by atoms with E-state index in [4.69, 9.17) is 5.41 Å². The number of nitrogens with zero attached hydrogens (tertiary/aromatic N) is 3. The van der Waals surface area contributed by atoms with Crippen molar-refractivity contribution in [2.45, 2.75) is 45.9 Å². The lowest BCUT2D eigenvalue weighted by Crippen LogP contribution is -2.57. The molecule has 1 spiro atoms. The molecule has 13 heteroatoms. The monoisotopic (exact) mass is 581 g/mol. The Bertz CT molecular complexity index is 1470. The predicted octanol–water partition coefficient (Wildman–Crippen LogP) is 5.54. The number of sulfone groups is 1.